The summed E-state index contributed by atoms with van der Waals surface area (Å²) < 4.78 is 17.7. The van der Waals surface area contributed by atoms with Gasteiger partial charge in [0.05, 0.1) is 62.9 Å². The normalized spacial score (nSPS) is 23.6. The molecule has 0 spiro atoms. The molecule has 0 unspecified atom stereocenters. The van der Waals surface area contributed by atoms with Crippen LogP contribution in [0.3, 0.4) is 0 Å². The Hall–Kier alpha value is -4.31. The van der Waals surface area contributed by atoms with Gasteiger partial charge < -0.3 is 34.0 Å². The maximum atomic E-state index is 14.7. The van der Waals surface area contributed by atoms with E-state index in [0.717, 1.165) is 36.1 Å². The van der Waals surface area contributed by atoms with Crippen LogP contribution in [-0.2, 0) is 54.2 Å². The van der Waals surface area contributed by atoms with Crippen molar-refractivity contribution in [3.63, 3.8) is 0 Å². The number of Topliss-reactive ketones (excluding diaryl/α,β-unsaturated/α-hetero) is 2. The van der Waals surface area contributed by atoms with Crippen molar-refractivity contribution in [1.82, 2.24) is 19.6 Å². The first-order chi connectivity index (χ1) is 31.6. The van der Waals surface area contributed by atoms with E-state index in [2.05, 4.69) is 0 Å². The predicted molar refractivity (Wildman–Crippen MR) is 247 cm³/mol. The van der Waals surface area contributed by atoms with Gasteiger partial charge in [-0.25, -0.2) is 0 Å². The number of piperidine rings is 1. The van der Waals surface area contributed by atoms with Crippen LogP contribution in [-0.4, -0.2) is 156 Å². The maximum absolute atomic E-state index is 14.7. The monoisotopic (exact) mass is 921 g/mol. The second-order valence-electron chi connectivity index (χ2n) is 19.5. The molecule has 3 aliphatic heterocycles. The van der Waals surface area contributed by atoms with Gasteiger partial charge in [0, 0.05) is 77.3 Å². The van der Waals surface area contributed by atoms with Gasteiger partial charge in [0.25, 0.3) is 11.8 Å². The molecule has 1 saturated carbocycles. The highest BCUT2D eigenvalue weighted by atomic mass is 16.5. The van der Waals surface area contributed by atoms with Gasteiger partial charge in [-0.05, 0) is 67.8 Å². The van der Waals surface area contributed by atoms with Gasteiger partial charge in [-0.2, -0.15) is 0 Å². The van der Waals surface area contributed by atoms with Crippen LogP contribution in [0.25, 0.3) is 0 Å². The van der Waals surface area contributed by atoms with E-state index in [1.165, 1.54) is 12.2 Å². The lowest BCUT2D eigenvalue weighted by Crippen LogP contribution is -2.54. The van der Waals surface area contributed by atoms with E-state index < -0.39 is 47.9 Å². The molecular weight excluding hydrogens is 845 g/mol. The molecule has 66 heavy (non-hydrogen) atoms. The summed E-state index contributed by atoms with van der Waals surface area (Å²) in [6.07, 6.45) is 6.56. The number of fused-ring (bicyclic) bond motifs is 2. The zero-order valence-electron chi connectivity index (χ0n) is 40.6. The van der Waals surface area contributed by atoms with E-state index in [4.69, 9.17) is 14.2 Å². The number of ether oxygens (including phenoxy) is 3. The van der Waals surface area contributed by atoms with Crippen LogP contribution >= 0.6 is 0 Å². The molecule has 1 aromatic rings. The fraction of sp³-hybridized carbons (Fsp3) is 0.706. The van der Waals surface area contributed by atoms with Crippen molar-refractivity contribution in [1.29, 1.82) is 0 Å². The molecule has 2 bridgehead atoms. The number of amides is 5. The molecule has 366 valence electrons. The molecule has 5 rings (SSSR count). The summed E-state index contributed by atoms with van der Waals surface area (Å²) >= 11 is 0. The lowest BCUT2D eigenvalue weighted by Gasteiger charge is -2.41. The Balaban J connectivity index is 1.22. The third kappa shape index (κ3) is 12.6. The Morgan fingerprint density at radius 2 is 1.58 bits per heavy atom. The number of hydrogen-bond acceptors (Lipinski definition) is 11. The molecule has 2 saturated heterocycles. The van der Waals surface area contributed by atoms with Gasteiger partial charge in [-0.15, -0.1) is 0 Å². The zero-order chi connectivity index (χ0) is 48.2. The maximum Gasteiger partial charge on any atom is 0.253 e. The number of rotatable bonds is 27. The summed E-state index contributed by atoms with van der Waals surface area (Å²) in [4.78, 5) is 101. The summed E-state index contributed by atoms with van der Waals surface area (Å²) in [6.45, 7) is 10.4. The van der Waals surface area contributed by atoms with E-state index in [9.17, 15) is 38.7 Å². The summed E-state index contributed by atoms with van der Waals surface area (Å²) in [5.74, 6) is -3.13. The Bertz CT molecular complexity index is 1860. The van der Waals surface area contributed by atoms with E-state index in [1.54, 1.807) is 31.1 Å². The molecular formula is C51H76N4O11. The van der Waals surface area contributed by atoms with Gasteiger partial charge in [0.1, 0.15) is 5.78 Å². The minimum Gasteiger partial charge on any atom is -0.396 e. The Morgan fingerprint density at radius 3 is 2.20 bits per heavy atom. The summed E-state index contributed by atoms with van der Waals surface area (Å²) in [5, 5.41) is 10.2. The molecule has 11 atom stereocenters. The number of carbonyl (C=O) groups excluding carboxylic acids is 7. The number of imide groups is 1. The average Bonchev–Trinajstić information content (AvgIpc) is 4.13. The molecule has 3 fully saturated rings. The van der Waals surface area contributed by atoms with Gasteiger partial charge in [0.15, 0.2) is 5.78 Å². The number of likely N-dealkylation sites (tertiary alicyclic amines) is 2. The Morgan fingerprint density at radius 1 is 0.879 bits per heavy atom. The number of likely N-dealkylation sites (N-methyl/N-ethyl adjacent to an activating group) is 1. The number of aliphatic hydroxyl groups is 1. The van der Waals surface area contributed by atoms with Crippen LogP contribution in [0.1, 0.15) is 104 Å². The van der Waals surface area contributed by atoms with Crippen molar-refractivity contribution in [3.8, 4) is 0 Å². The van der Waals surface area contributed by atoms with Crippen molar-refractivity contribution < 1.29 is 52.9 Å². The van der Waals surface area contributed by atoms with E-state index in [1.807, 2.05) is 69.9 Å². The highest BCUT2D eigenvalue weighted by molar-refractivity contribution is 6.12. The van der Waals surface area contributed by atoms with Crippen LogP contribution in [0.4, 0.5) is 0 Å². The number of carbonyl (C=O) groups is 7. The van der Waals surface area contributed by atoms with Crippen LogP contribution in [0, 0.1) is 35.5 Å². The van der Waals surface area contributed by atoms with Crippen LogP contribution < -0.4 is 0 Å². The smallest absolute Gasteiger partial charge is 0.253 e. The van der Waals surface area contributed by atoms with E-state index >= 15 is 0 Å². The molecule has 1 aromatic carbocycles. The second-order valence-corrected chi connectivity index (χ2v) is 19.5. The third-order valence-electron chi connectivity index (χ3n) is 15.0. The Labute approximate surface area is 391 Å². The van der Waals surface area contributed by atoms with Crippen molar-refractivity contribution in [2.45, 2.75) is 142 Å². The molecule has 4 aliphatic rings. The predicted octanol–water partition coefficient (Wildman–Crippen LogP) is 4.66. The minimum absolute atomic E-state index is 0.00493. The number of ketones is 2. The van der Waals surface area contributed by atoms with Crippen molar-refractivity contribution in [2.24, 2.45) is 35.5 Å². The number of hydrogen-bond donors (Lipinski definition) is 1. The lowest BCUT2D eigenvalue weighted by atomic mass is 9.83. The number of nitrogens with zero attached hydrogens (tertiary/aromatic N) is 4. The summed E-state index contributed by atoms with van der Waals surface area (Å²) in [6, 6.07) is 8.30. The first kappa shape index (κ1) is 52.7. The number of methoxy groups -OCH3 is 2. The SMILES string of the molecule is CC[C@H](C)[C@@H]([C@@H](CC(=O)N1CCC[C@H]1[C@H](OC)[C@@H](C)C(=O)C[C@H](CO)Cc1ccccc1)OC)N(C)C(=O)[C@@H](CC(=O)[C@@H]1[C@H]2CC[C@H](C2)N1C(=O)CCOCCN1C(=O)C=CC1=O)C(C)C. The van der Waals surface area contributed by atoms with E-state index in [0.29, 0.717) is 25.8 Å². The van der Waals surface area contributed by atoms with Crippen molar-refractivity contribution in [3.05, 3.63) is 48.0 Å². The number of aliphatic hydroxyl groups excluding tert-OH is 1. The fourth-order valence-corrected chi connectivity index (χ4v) is 11.1. The quantitative estimate of drug-likeness (QED) is 0.0959. The molecule has 5 amide bonds. The first-order valence-corrected chi connectivity index (χ1v) is 24.3. The topological polar surface area (TPSA) is 180 Å². The average molecular weight is 921 g/mol. The second kappa shape index (κ2) is 24.6. The van der Waals surface area contributed by atoms with Gasteiger partial charge in [-0.3, -0.25) is 38.5 Å². The van der Waals surface area contributed by atoms with Crippen molar-refractivity contribution in [2.75, 3.05) is 54.2 Å². The first-order valence-electron chi connectivity index (χ1n) is 24.3. The number of benzene rings is 1. The highest BCUT2D eigenvalue weighted by Gasteiger charge is 2.52. The standard InChI is InChI=1S/C51H76N4O11/c1-9-33(4)48(43(64-7)30-47(62)53-22-13-16-40(53)50(65-8)34(5)41(57)27-36(31-56)26-35-14-11-10-12-15-35)52(6)51(63)39(32(2)3)29-42(58)49-37-17-18-38(28-37)55(49)46(61)21-24-66-25-23-54-44(59)19-20-45(54)60/h10-12,14-15,19-20,32-34,36-40,43,48-50,56H,9,13,16-18,21-31H2,1-8H3/t33-,34-,36+,37-,38+,39-,40-,43+,48-,49-,50+/m0/s1. The lowest BCUT2D eigenvalue weighted by molar-refractivity contribution is -0.150. The highest BCUT2D eigenvalue weighted by Crippen LogP contribution is 2.44. The fourth-order valence-electron chi connectivity index (χ4n) is 11.1. The van der Waals surface area contributed by atoms with Crippen LogP contribution in [0.15, 0.2) is 42.5 Å². The van der Waals surface area contributed by atoms with Gasteiger partial charge in [-0.1, -0.05) is 71.4 Å². The zero-order valence-corrected chi connectivity index (χ0v) is 40.6. The minimum atomic E-state index is -0.672. The third-order valence-corrected chi connectivity index (χ3v) is 15.0. The molecule has 1 N–H and O–H groups in total. The van der Waals surface area contributed by atoms with Gasteiger partial charge in [0.2, 0.25) is 17.7 Å². The molecule has 0 radical (unpaired) electrons. The molecule has 15 nitrogen and oxygen atoms in total. The van der Waals surface area contributed by atoms with Gasteiger partial charge >= 0.3 is 0 Å². The molecule has 0 aromatic heterocycles. The molecule has 1 aliphatic carbocycles. The summed E-state index contributed by atoms with van der Waals surface area (Å²) in [7, 11) is 4.87. The van der Waals surface area contributed by atoms with Crippen LogP contribution in [0.2, 0.25) is 0 Å². The van der Waals surface area contributed by atoms with E-state index in [-0.39, 0.29) is 117 Å². The van der Waals surface area contributed by atoms with Crippen molar-refractivity contribution >= 4 is 41.1 Å². The molecule has 3 heterocycles. The Kier molecular flexibility index (Phi) is 19.7. The van der Waals surface area contributed by atoms with Crippen LogP contribution in [0.5, 0.6) is 0 Å². The molecule has 15 heteroatoms. The summed E-state index contributed by atoms with van der Waals surface area (Å²) in [5.41, 5.74) is 1.05. The largest absolute Gasteiger partial charge is 0.396 e.